The standard InChI is InChI=1S/C21H23ClN2O3/c22-18-8-6-17(7-9-18)15-20(25)23-19(14-16-4-2-1-3-5-16)21(26)24-10-12-27-13-11-24/h1-9,19H,10-15H2,(H,23,25)/t19-/m0/s1. The fraction of sp³-hybridized carbons (Fsp3) is 0.333. The molecule has 1 aliphatic rings. The molecule has 2 aromatic rings. The average Bonchev–Trinajstić information content (AvgIpc) is 2.70. The van der Waals surface area contributed by atoms with Gasteiger partial charge in [-0.3, -0.25) is 9.59 Å². The maximum absolute atomic E-state index is 13.0. The number of hydrogen-bond donors (Lipinski definition) is 1. The van der Waals surface area contributed by atoms with Crippen LogP contribution in [0.3, 0.4) is 0 Å². The molecule has 0 spiro atoms. The summed E-state index contributed by atoms with van der Waals surface area (Å²) in [5.74, 6) is -0.244. The number of halogens is 1. The van der Waals surface area contributed by atoms with Gasteiger partial charge < -0.3 is 15.0 Å². The summed E-state index contributed by atoms with van der Waals surface area (Å²) in [5, 5.41) is 3.55. The zero-order chi connectivity index (χ0) is 19.1. The predicted octanol–water partition coefficient (Wildman–Crippen LogP) is 2.47. The van der Waals surface area contributed by atoms with Crippen molar-refractivity contribution in [3.05, 3.63) is 70.7 Å². The van der Waals surface area contributed by atoms with E-state index in [1.807, 2.05) is 42.5 Å². The minimum Gasteiger partial charge on any atom is -0.378 e. The molecule has 1 fully saturated rings. The number of ether oxygens (including phenoxy) is 1. The fourth-order valence-electron chi connectivity index (χ4n) is 3.09. The summed E-state index contributed by atoms with van der Waals surface area (Å²) in [4.78, 5) is 27.3. The molecule has 1 N–H and O–H groups in total. The number of benzene rings is 2. The number of rotatable bonds is 6. The van der Waals surface area contributed by atoms with E-state index in [0.717, 1.165) is 11.1 Å². The van der Waals surface area contributed by atoms with Crippen molar-refractivity contribution in [2.45, 2.75) is 18.9 Å². The van der Waals surface area contributed by atoms with Crippen molar-refractivity contribution in [3.8, 4) is 0 Å². The van der Waals surface area contributed by atoms with E-state index < -0.39 is 6.04 Å². The van der Waals surface area contributed by atoms with Gasteiger partial charge in [0.05, 0.1) is 19.6 Å². The lowest BCUT2D eigenvalue weighted by molar-refractivity contribution is -0.139. The van der Waals surface area contributed by atoms with Gasteiger partial charge in [0, 0.05) is 24.5 Å². The number of hydrogen-bond acceptors (Lipinski definition) is 3. The van der Waals surface area contributed by atoms with Crippen LogP contribution in [0.1, 0.15) is 11.1 Å². The maximum Gasteiger partial charge on any atom is 0.245 e. The van der Waals surface area contributed by atoms with E-state index in [4.69, 9.17) is 16.3 Å². The molecule has 2 aromatic carbocycles. The molecule has 1 saturated heterocycles. The van der Waals surface area contributed by atoms with Crippen molar-refractivity contribution in [1.29, 1.82) is 0 Å². The number of nitrogens with zero attached hydrogens (tertiary/aromatic N) is 1. The molecule has 0 radical (unpaired) electrons. The molecule has 0 unspecified atom stereocenters. The fourth-order valence-corrected chi connectivity index (χ4v) is 3.21. The average molecular weight is 387 g/mol. The van der Waals surface area contributed by atoms with Crippen molar-refractivity contribution in [2.24, 2.45) is 0 Å². The highest BCUT2D eigenvalue weighted by atomic mass is 35.5. The molecule has 5 nitrogen and oxygen atoms in total. The van der Waals surface area contributed by atoms with Gasteiger partial charge in [-0.2, -0.15) is 0 Å². The molecule has 1 heterocycles. The Labute approximate surface area is 164 Å². The molecule has 0 saturated carbocycles. The highest BCUT2D eigenvalue weighted by molar-refractivity contribution is 6.30. The van der Waals surface area contributed by atoms with Gasteiger partial charge in [-0.05, 0) is 23.3 Å². The second kappa shape index (κ2) is 9.53. The van der Waals surface area contributed by atoms with Crippen LogP contribution in [0.15, 0.2) is 54.6 Å². The van der Waals surface area contributed by atoms with Crippen molar-refractivity contribution < 1.29 is 14.3 Å². The van der Waals surface area contributed by atoms with Crippen LogP contribution in [0.5, 0.6) is 0 Å². The van der Waals surface area contributed by atoms with Gasteiger partial charge in [-0.1, -0.05) is 54.1 Å². The van der Waals surface area contributed by atoms with Gasteiger partial charge in [0.1, 0.15) is 6.04 Å². The Morgan fingerprint density at radius 2 is 1.67 bits per heavy atom. The van der Waals surface area contributed by atoms with Crippen LogP contribution in [-0.2, 0) is 27.2 Å². The SMILES string of the molecule is O=C(Cc1ccc(Cl)cc1)N[C@@H](Cc1ccccc1)C(=O)N1CCOCC1. The smallest absolute Gasteiger partial charge is 0.245 e. The Morgan fingerprint density at radius 1 is 1.00 bits per heavy atom. The molecule has 142 valence electrons. The number of carbonyl (C=O) groups excluding carboxylic acids is 2. The highest BCUT2D eigenvalue weighted by Gasteiger charge is 2.27. The second-order valence-corrected chi connectivity index (χ2v) is 6.99. The molecule has 6 heteroatoms. The van der Waals surface area contributed by atoms with Crippen molar-refractivity contribution >= 4 is 23.4 Å². The predicted molar refractivity (Wildman–Crippen MR) is 105 cm³/mol. The summed E-state index contributed by atoms with van der Waals surface area (Å²) in [6.45, 7) is 2.17. The van der Waals surface area contributed by atoms with Crippen LogP contribution in [0.4, 0.5) is 0 Å². The van der Waals surface area contributed by atoms with E-state index in [1.54, 1.807) is 17.0 Å². The van der Waals surface area contributed by atoms with Gasteiger partial charge >= 0.3 is 0 Å². The minimum absolute atomic E-state index is 0.0633. The van der Waals surface area contributed by atoms with Crippen LogP contribution in [0.25, 0.3) is 0 Å². The largest absolute Gasteiger partial charge is 0.378 e. The van der Waals surface area contributed by atoms with Gasteiger partial charge in [-0.25, -0.2) is 0 Å². The van der Waals surface area contributed by atoms with E-state index in [-0.39, 0.29) is 18.2 Å². The van der Waals surface area contributed by atoms with Gasteiger partial charge in [-0.15, -0.1) is 0 Å². The molecule has 27 heavy (non-hydrogen) atoms. The van der Waals surface area contributed by atoms with E-state index in [9.17, 15) is 9.59 Å². The first-order valence-corrected chi connectivity index (χ1v) is 9.44. The molecule has 0 bridgehead atoms. The number of amides is 2. The minimum atomic E-state index is -0.592. The topological polar surface area (TPSA) is 58.6 Å². The van der Waals surface area contributed by atoms with Gasteiger partial charge in [0.15, 0.2) is 0 Å². The monoisotopic (exact) mass is 386 g/mol. The number of nitrogens with one attached hydrogen (secondary N) is 1. The third-order valence-corrected chi connectivity index (χ3v) is 4.77. The normalized spacial score (nSPS) is 15.2. The van der Waals surface area contributed by atoms with Crippen LogP contribution < -0.4 is 5.32 Å². The summed E-state index contributed by atoms with van der Waals surface area (Å²) >= 11 is 5.89. The van der Waals surface area contributed by atoms with E-state index in [2.05, 4.69) is 5.32 Å². The molecule has 0 aliphatic carbocycles. The van der Waals surface area contributed by atoms with Gasteiger partial charge in [0.25, 0.3) is 0 Å². The Morgan fingerprint density at radius 3 is 2.33 bits per heavy atom. The molecule has 3 rings (SSSR count). The first-order chi connectivity index (χ1) is 13.1. The Balaban J connectivity index is 1.69. The van der Waals surface area contributed by atoms with Gasteiger partial charge in [0.2, 0.25) is 11.8 Å². The zero-order valence-electron chi connectivity index (χ0n) is 15.1. The number of carbonyl (C=O) groups is 2. The lowest BCUT2D eigenvalue weighted by atomic mass is 10.0. The van der Waals surface area contributed by atoms with E-state index in [1.165, 1.54) is 0 Å². The van der Waals surface area contributed by atoms with Crippen LogP contribution >= 0.6 is 11.6 Å². The summed E-state index contributed by atoms with van der Waals surface area (Å²) in [7, 11) is 0. The first-order valence-electron chi connectivity index (χ1n) is 9.06. The van der Waals surface area contributed by atoms with Crippen molar-refractivity contribution in [2.75, 3.05) is 26.3 Å². The Hall–Kier alpha value is -2.37. The van der Waals surface area contributed by atoms with Crippen LogP contribution in [0.2, 0.25) is 5.02 Å². The number of morpholine rings is 1. The maximum atomic E-state index is 13.0. The Bertz CT molecular complexity index is 759. The van der Waals surface area contributed by atoms with Crippen molar-refractivity contribution in [3.63, 3.8) is 0 Å². The summed E-state index contributed by atoms with van der Waals surface area (Å²) in [6, 6.07) is 16.3. The Kier molecular flexibility index (Phi) is 6.85. The summed E-state index contributed by atoms with van der Waals surface area (Å²) in [5.41, 5.74) is 1.87. The van der Waals surface area contributed by atoms with Crippen molar-refractivity contribution in [1.82, 2.24) is 10.2 Å². The zero-order valence-corrected chi connectivity index (χ0v) is 15.8. The molecular formula is C21H23ClN2O3. The van der Waals surface area contributed by atoms with E-state index in [0.29, 0.717) is 37.7 Å². The third kappa shape index (κ3) is 5.81. The molecule has 2 amide bonds. The van der Waals surface area contributed by atoms with E-state index >= 15 is 0 Å². The highest BCUT2D eigenvalue weighted by Crippen LogP contribution is 2.11. The lowest BCUT2D eigenvalue weighted by Gasteiger charge is -2.31. The van der Waals surface area contributed by atoms with Crippen LogP contribution in [0, 0.1) is 0 Å². The molecule has 1 aliphatic heterocycles. The lowest BCUT2D eigenvalue weighted by Crippen LogP contribution is -2.52. The summed E-state index contributed by atoms with van der Waals surface area (Å²) in [6.07, 6.45) is 0.669. The quantitative estimate of drug-likeness (QED) is 0.829. The first kappa shape index (κ1) is 19.4. The second-order valence-electron chi connectivity index (χ2n) is 6.55. The molecule has 1 atom stereocenters. The molecular weight excluding hydrogens is 364 g/mol. The van der Waals surface area contributed by atoms with Crippen LogP contribution in [-0.4, -0.2) is 49.1 Å². The third-order valence-electron chi connectivity index (χ3n) is 4.52. The molecule has 0 aromatic heterocycles. The summed E-state index contributed by atoms with van der Waals surface area (Å²) < 4.78 is 5.33.